The Labute approximate surface area is 122 Å². The van der Waals surface area contributed by atoms with Crippen molar-refractivity contribution in [2.24, 2.45) is 5.92 Å². The zero-order chi connectivity index (χ0) is 14.4. The molecule has 0 bridgehead atoms. The molecule has 20 heavy (non-hydrogen) atoms. The molecule has 0 aliphatic heterocycles. The van der Waals surface area contributed by atoms with Crippen molar-refractivity contribution in [1.29, 1.82) is 10.5 Å². The molecular formula is C14H12ClN5. The van der Waals surface area contributed by atoms with E-state index < -0.39 is 0 Å². The van der Waals surface area contributed by atoms with Crippen molar-refractivity contribution in [1.82, 2.24) is 14.8 Å². The van der Waals surface area contributed by atoms with E-state index in [1.165, 1.54) is 6.33 Å². The summed E-state index contributed by atoms with van der Waals surface area (Å²) in [6.45, 7) is 0.402. The van der Waals surface area contributed by atoms with Crippen LogP contribution in [0.2, 0.25) is 5.02 Å². The number of benzene rings is 1. The summed E-state index contributed by atoms with van der Waals surface area (Å²) in [5.41, 5.74) is 0.781. The average molecular weight is 286 g/mol. The van der Waals surface area contributed by atoms with Crippen LogP contribution >= 0.6 is 11.6 Å². The quantitative estimate of drug-likeness (QED) is 0.846. The first-order valence-corrected chi connectivity index (χ1v) is 6.53. The standard InChI is InChI=1S/C14H12ClN5/c15-13-6-2-1-5-12(13)14-18-10-19-20(14)9-11(8-17)4-3-7-16/h1-2,5-6,10-11H,3-4,9H2/t11-/m0/s1. The van der Waals surface area contributed by atoms with Gasteiger partial charge >= 0.3 is 0 Å². The predicted octanol–water partition coefficient (Wildman–Crippen LogP) is 3.04. The fourth-order valence-electron chi connectivity index (χ4n) is 1.89. The number of nitrogens with zero attached hydrogens (tertiary/aromatic N) is 5. The minimum atomic E-state index is -0.266. The fraction of sp³-hybridized carbons (Fsp3) is 0.286. The van der Waals surface area contributed by atoms with E-state index in [0.717, 1.165) is 5.56 Å². The Hall–Kier alpha value is -2.37. The topological polar surface area (TPSA) is 78.3 Å². The number of nitriles is 2. The predicted molar refractivity (Wildman–Crippen MR) is 74.4 cm³/mol. The first-order chi connectivity index (χ1) is 9.76. The van der Waals surface area contributed by atoms with Crippen LogP contribution in [0.25, 0.3) is 11.4 Å². The second-order valence-electron chi connectivity index (χ2n) is 4.27. The molecule has 1 atom stereocenters. The summed E-state index contributed by atoms with van der Waals surface area (Å²) in [6, 6.07) is 11.6. The van der Waals surface area contributed by atoms with E-state index >= 15 is 0 Å². The first-order valence-electron chi connectivity index (χ1n) is 6.15. The van der Waals surface area contributed by atoms with Crippen molar-refractivity contribution < 1.29 is 0 Å². The highest BCUT2D eigenvalue weighted by molar-refractivity contribution is 6.33. The van der Waals surface area contributed by atoms with Crippen LogP contribution in [0.3, 0.4) is 0 Å². The van der Waals surface area contributed by atoms with Crippen molar-refractivity contribution >= 4 is 11.6 Å². The maximum absolute atomic E-state index is 9.12. The zero-order valence-electron chi connectivity index (χ0n) is 10.7. The molecule has 0 amide bonds. The molecule has 0 fully saturated rings. The monoisotopic (exact) mass is 285 g/mol. The average Bonchev–Trinajstić information content (AvgIpc) is 2.92. The molecular weight excluding hydrogens is 274 g/mol. The van der Waals surface area contributed by atoms with Gasteiger partial charge in [-0.05, 0) is 18.6 Å². The molecule has 1 aromatic heterocycles. The Kier molecular flexibility index (Phi) is 4.70. The molecule has 0 N–H and O–H groups in total. The highest BCUT2D eigenvalue weighted by Crippen LogP contribution is 2.26. The van der Waals surface area contributed by atoms with Gasteiger partial charge in [-0.25, -0.2) is 9.67 Å². The summed E-state index contributed by atoms with van der Waals surface area (Å²) in [5, 5.41) is 22.4. The molecule has 6 heteroatoms. The zero-order valence-corrected chi connectivity index (χ0v) is 11.5. The normalized spacial score (nSPS) is 11.6. The van der Waals surface area contributed by atoms with Gasteiger partial charge in [-0.1, -0.05) is 23.7 Å². The summed E-state index contributed by atoms with van der Waals surface area (Å²) >= 11 is 6.15. The lowest BCUT2D eigenvalue weighted by atomic mass is 10.1. The lowest BCUT2D eigenvalue weighted by Gasteiger charge is -2.10. The van der Waals surface area contributed by atoms with Crippen molar-refractivity contribution in [3.8, 4) is 23.5 Å². The van der Waals surface area contributed by atoms with Gasteiger partial charge in [-0.15, -0.1) is 0 Å². The molecule has 2 aromatic rings. The second-order valence-corrected chi connectivity index (χ2v) is 4.68. The molecule has 0 aliphatic carbocycles. The van der Waals surface area contributed by atoms with Crippen molar-refractivity contribution in [3.63, 3.8) is 0 Å². The van der Waals surface area contributed by atoms with Crippen molar-refractivity contribution in [2.75, 3.05) is 0 Å². The lowest BCUT2D eigenvalue weighted by molar-refractivity contribution is 0.479. The van der Waals surface area contributed by atoms with E-state index in [1.807, 2.05) is 18.2 Å². The van der Waals surface area contributed by atoms with Crippen LogP contribution in [0.15, 0.2) is 30.6 Å². The summed E-state index contributed by atoms with van der Waals surface area (Å²) in [6.07, 6.45) is 2.32. The summed E-state index contributed by atoms with van der Waals surface area (Å²) in [7, 11) is 0. The summed E-state index contributed by atoms with van der Waals surface area (Å²) in [4.78, 5) is 4.21. The number of halogens is 1. The van der Waals surface area contributed by atoms with Gasteiger partial charge in [-0.3, -0.25) is 0 Å². The molecule has 5 nitrogen and oxygen atoms in total. The number of hydrogen-bond acceptors (Lipinski definition) is 4. The van der Waals surface area contributed by atoms with Gasteiger partial charge in [0, 0.05) is 12.0 Å². The number of rotatable bonds is 5. The van der Waals surface area contributed by atoms with Crippen LogP contribution in [0, 0.1) is 28.6 Å². The highest BCUT2D eigenvalue weighted by atomic mass is 35.5. The van der Waals surface area contributed by atoms with Gasteiger partial charge in [0.15, 0.2) is 5.82 Å². The third-order valence-corrected chi connectivity index (χ3v) is 3.24. The van der Waals surface area contributed by atoms with Gasteiger partial charge in [0.1, 0.15) is 6.33 Å². The van der Waals surface area contributed by atoms with Crippen LogP contribution in [-0.4, -0.2) is 14.8 Å². The lowest BCUT2D eigenvalue weighted by Crippen LogP contribution is -2.12. The van der Waals surface area contributed by atoms with E-state index in [4.69, 9.17) is 22.1 Å². The largest absolute Gasteiger partial charge is 0.244 e. The van der Waals surface area contributed by atoms with Crippen molar-refractivity contribution in [3.05, 3.63) is 35.6 Å². The Morgan fingerprint density at radius 2 is 2.10 bits per heavy atom. The van der Waals surface area contributed by atoms with Gasteiger partial charge in [0.05, 0.1) is 29.6 Å². The molecule has 2 rings (SSSR count). The molecule has 0 aliphatic rings. The van der Waals surface area contributed by atoms with Crippen LogP contribution in [-0.2, 0) is 6.54 Å². The summed E-state index contributed by atoms with van der Waals surface area (Å²) < 4.78 is 1.66. The third-order valence-electron chi connectivity index (χ3n) is 2.91. The number of aromatic nitrogens is 3. The van der Waals surface area contributed by atoms with E-state index in [-0.39, 0.29) is 5.92 Å². The Balaban J connectivity index is 2.24. The second kappa shape index (κ2) is 6.70. The molecule has 0 saturated heterocycles. The molecule has 100 valence electrons. The van der Waals surface area contributed by atoms with E-state index in [9.17, 15) is 0 Å². The third kappa shape index (κ3) is 3.14. The summed E-state index contributed by atoms with van der Waals surface area (Å²) in [5.74, 6) is 0.366. The minimum absolute atomic E-state index is 0.266. The molecule has 1 heterocycles. The first kappa shape index (κ1) is 14.0. The van der Waals surface area contributed by atoms with Crippen LogP contribution in [0.1, 0.15) is 12.8 Å². The van der Waals surface area contributed by atoms with Crippen LogP contribution in [0.5, 0.6) is 0 Å². The number of hydrogen-bond donors (Lipinski definition) is 0. The van der Waals surface area contributed by atoms with E-state index in [2.05, 4.69) is 22.2 Å². The van der Waals surface area contributed by atoms with E-state index in [0.29, 0.717) is 30.2 Å². The molecule has 0 radical (unpaired) electrons. The Morgan fingerprint density at radius 3 is 2.80 bits per heavy atom. The Bertz CT molecular complexity index is 665. The van der Waals surface area contributed by atoms with Crippen LogP contribution < -0.4 is 0 Å². The van der Waals surface area contributed by atoms with Gasteiger partial charge < -0.3 is 0 Å². The van der Waals surface area contributed by atoms with Crippen LogP contribution in [0.4, 0.5) is 0 Å². The SMILES string of the molecule is N#CCC[C@@H](C#N)Cn1ncnc1-c1ccccc1Cl. The van der Waals surface area contributed by atoms with Gasteiger partial charge in [-0.2, -0.15) is 15.6 Å². The molecule has 0 unspecified atom stereocenters. The van der Waals surface area contributed by atoms with Crippen molar-refractivity contribution in [2.45, 2.75) is 19.4 Å². The van der Waals surface area contributed by atoms with Gasteiger partial charge in [0.25, 0.3) is 0 Å². The Morgan fingerprint density at radius 1 is 1.30 bits per heavy atom. The van der Waals surface area contributed by atoms with E-state index in [1.54, 1.807) is 10.7 Å². The van der Waals surface area contributed by atoms with Gasteiger partial charge in [0.2, 0.25) is 0 Å². The molecule has 1 aromatic carbocycles. The minimum Gasteiger partial charge on any atom is -0.244 e. The highest BCUT2D eigenvalue weighted by Gasteiger charge is 2.15. The molecule has 0 spiro atoms. The maximum atomic E-state index is 9.12. The smallest absolute Gasteiger partial charge is 0.159 e. The fourth-order valence-corrected chi connectivity index (χ4v) is 2.11. The maximum Gasteiger partial charge on any atom is 0.159 e. The molecule has 0 saturated carbocycles.